The minimum absolute atomic E-state index is 0.0600. The molecule has 0 saturated carbocycles. The highest BCUT2D eigenvalue weighted by Gasteiger charge is 2.26. The first-order valence-electron chi connectivity index (χ1n) is 9.17. The predicted octanol–water partition coefficient (Wildman–Crippen LogP) is 5.16. The Balaban J connectivity index is 1.99. The van der Waals surface area contributed by atoms with Gasteiger partial charge in [0.1, 0.15) is 0 Å². The number of nitrogens with zero attached hydrogens (tertiary/aromatic N) is 2. The number of hydrogen-bond donors (Lipinski definition) is 0. The first kappa shape index (κ1) is 18.2. The van der Waals surface area contributed by atoms with Gasteiger partial charge >= 0.3 is 0 Å². The molecule has 0 spiro atoms. The third kappa shape index (κ3) is 3.96. The van der Waals surface area contributed by atoms with E-state index in [2.05, 4.69) is 44.0 Å². The average molecular weight is 350 g/mol. The fraction of sp³-hybridized carbons (Fsp3) is 0.364. The lowest BCUT2D eigenvalue weighted by Gasteiger charge is -2.32. The van der Waals surface area contributed by atoms with Gasteiger partial charge in [0.25, 0.3) is 0 Å². The molecule has 0 saturated heterocycles. The summed E-state index contributed by atoms with van der Waals surface area (Å²) in [4.78, 5) is 13.4. The summed E-state index contributed by atoms with van der Waals surface area (Å²) in [5.41, 5.74) is 7.19. The lowest BCUT2D eigenvalue weighted by molar-refractivity contribution is -0.482. The summed E-state index contributed by atoms with van der Waals surface area (Å²) in [6.07, 6.45) is 4.09. The van der Waals surface area contributed by atoms with E-state index < -0.39 is 0 Å². The maximum absolute atomic E-state index is 11.3. The van der Waals surface area contributed by atoms with Crippen molar-refractivity contribution in [2.24, 2.45) is 0 Å². The first-order valence-corrected chi connectivity index (χ1v) is 9.17. The maximum Gasteiger partial charge on any atom is 0.214 e. The van der Waals surface area contributed by atoms with E-state index in [1.165, 1.54) is 22.4 Å². The topological polar surface area (TPSA) is 46.4 Å². The van der Waals surface area contributed by atoms with Gasteiger partial charge in [0.05, 0.1) is 5.92 Å². The van der Waals surface area contributed by atoms with Gasteiger partial charge < -0.3 is 4.90 Å². The second-order valence-electron chi connectivity index (χ2n) is 7.23. The van der Waals surface area contributed by atoms with Gasteiger partial charge in [0.15, 0.2) is 0 Å². The molecule has 4 heteroatoms. The van der Waals surface area contributed by atoms with E-state index in [0.29, 0.717) is 0 Å². The number of nitro groups is 1. The monoisotopic (exact) mass is 350 g/mol. The zero-order valence-electron chi connectivity index (χ0n) is 15.7. The molecule has 2 aromatic rings. The van der Waals surface area contributed by atoms with Crippen LogP contribution in [0.5, 0.6) is 0 Å². The average Bonchev–Trinajstić information content (AvgIpc) is 2.60. The summed E-state index contributed by atoms with van der Waals surface area (Å²) in [5, 5.41) is 11.3. The molecule has 1 aliphatic rings. The van der Waals surface area contributed by atoms with Gasteiger partial charge in [-0.2, -0.15) is 0 Å². The van der Waals surface area contributed by atoms with E-state index in [1.54, 1.807) is 0 Å². The van der Waals surface area contributed by atoms with Crippen LogP contribution in [0.2, 0.25) is 0 Å². The van der Waals surface area contributed by atoms with Crippen LogP contribution in [0.4, 0.5) is 5.69 Å². The van der Waals surface area contributed by atoms with Crippen molar-refractivity contribution in [1.29, 1.82) is 0 Å². The molecular formula is C22H26N2O2. The standard InChI is InChI=1S/C22H26N2O2/c1-16-12-17(2)22(18(3)13-16)23-11-7-10-20(14-23)21(15-24(25)26)19-8-5-4-6-9-19/h4-6,8-9,12-14,21H,7,10-11,15H2,1-3H3. The second kappa shape index (κ2) is 7.73. The Bertz CT molecular complexity index is 804. The van der Waals surface area contributed by atoms with Crippen LogP contribution in [0.25, 0.3) is 0 Å². The molecule has 2 aromatic carbocycles. The number of aryl methyl sites for hydroxylation is 3. The highest BCUT2D eigenvalue weighted by atomic mass is 16.6. The van der Waals surface area contributed by atoms with E-state index in [0.717, 1.165) is 30.5 Å². The van der Waals surface area contributed by atoms with Crippen molar-refractivity contribution in [2.45, 2.75) is 39.5 Å². The third-order valence-corrected chi connectivity index (χ3v) is 5.09. The molecule has 136 valence electrons. The molecule has 4 nitrogen and oxygen atoms in total. The van der Waals surface area contributed by atoms with Gasteiger partial charge in [-0.05, 0) is 55.9 Å². The number of anilines is 1. The largest absolute Gasteiger partial charge is 0.348 e. The van der Waals surface area contributed by atoms with Crippen molar-refractivity contribution >= 4 is 5.69 Å². The van der Waals surface area contributed by atoms with Crippen molar-refractivity contribution in [3.05, 3.63) is 86.6 Å². The number of rotatable bonds is 5. The van der Waals surface area contributed by atoms with Gasteiger partial charge in [-0.1, -0.05) is 48.0 Å². The van der Waals surface area contributed by atoms with Gasteiger partial charge in [-0.3, -0.25) is 10.1 Å². The van der Waals surface area contributed by atoms with Crippen molar-refractivity contribution in [2.75, 3.05) is 18.0 Å². The Morgan fingerprint density at radius 2 is 1.77 bits per heavy atom. The van der Waals surface area contributed by atoms with Crippen molar-refractivity contribution < 1.29 is 4.92 Å². The Morgan fingerprint density at radius 3 is 2.38 bits per heavy atom. The van der Waals surface area contributed by atoms with Crippen LogP contribution in [-0.2, 0) is 0 Å². The summed E-state index contributed by atoms with van der Waals surface area (Å²) >= 11 is 0. The molecule has 3 rings (SSSR count). The molecule has 1 aliphatic heterocycles. The molecule has 0 N–H and O–H groups in total. The quantitative estimate of drug-likeness (QED) is 0.553. The van der Waals surface area contributed by atoms with Gasteiger partial charge in [-0.15, -0.1) is 0 Å². The summed E-state index contributed by atoms with van der Waals surface area (Å²) < 4.78 is 0. The zero-order valence-corrected chi connectivity index (χ0v) is 15.7. The van der Waals surface area contributed by atoms with E-state index in [-0.39, 0.29) is 17.4 Å². The molecule has 1 atom stereocenters. The Hall–Kier alpha value is -2.62. The molecule has 0 fully saturated rings. The van der Waals surface area contributed by atoms with Crippen molar-refractivity contribution in [3.8, 4) is 0 Å². The van der Waals surface area contributed by atoms with Crippen molar-refractivity contribution in [1.82, 2.24) is 0 Å². The fourth-order valence-corrected chi connectivity index (χ4v) is 4.12. The minimum Gasteiger partial charge on any atom is -0.348 e. The maximum atomic E-state index is 11.3. The Morgan fingerprint density at radius 1 is 1.12 bits per heavy atom. The molecular weight excluding hydrogens is 324 g/mol. The highest BCUT2D eigenvalue weighted by molar-refractivity contribution is 5.62. The molecule has 0 radical (unpaired) electrons. The van der Waals surface area contributed by atoms with Crippen LogP contribution in [0.1, 0.15) is 41.0 Å². The summed E-state index contributed by atoms with van der Waals surface area (Å²) in [5.74, 6) is -0.167. The van der Waals surface area contributed by atoms with Gasteiger partial charge in [0.2, 0.25) is 6.54 Å². The van der Waals surface area contributed by atoms with E-state index in [1.807, 2.05) is 30.3 Å². The van der Waals surface area contributed by atoms with E-state index in [9.17, 15) is 10.1 Å². The number of hydrogen-bond acceptors (Lipinski definition) is 3. The van der Waals surface area contributed by atoms with Gasteiger partial charge in [0, 0.05) is 23.4 Å². The van der Waals surface area contributed by atoms with Crippen LogP contribution in [0.15, 0.2) is 54.2 Å². The lowest BCUT2D eigenvalue weighted by atomic mass is 9.87. The van der Waals surface area contributed by atoms with E-state index >= 15 is 0 Å². The SMILES string of the molecule is Cc1cc(C)c(N2C=C(C(C[N+](=O)[O-])c3ccccc3)CCC2)c(C)c1. The predicted molar refractivity (Wildman–Crippen MR) is 106 cm³/mol. The molecule has 0 aromatic heterocycles. The molecule has 0 amide bonds. The summed E-state index contributed by atoms with van der Waals surface area (Å²) in [6, 6.07) is 14.3. The summed E-state index contributed by atoms with van der Waals surface area (Å²) in [7, 11) is 0. The molecule has 0 bridgehead atoms. The summed E-state index contributed by atoms with van der Waals surface area (Å²) in [6.45, 7) is 7.29. The smallest absolute Gasteiger partial charge is 0.214 e. The highest BCUT2D eigenvalue weighted by Crippen LogP contribution is 2.35. The van der Waals surface area contributed by atoms with Crippen LogP contribution in [0.3, 0.4) is 0 Å². The molecule has 1 heterocycles. The lowest BCUT2D eigenvalue weighted by Crippen LogP contribution is -2.27. The third-order valence-electron chi connectivity index (χ3n) is 5.09. The normalized spacial score (nSPS) is 15.5. The van der Waals surface area contributed by atoms with Crippen LogP contribution in [0, 0.1) is 30.9 Å². The van der Waals surface area contributed by atoms with Crippen LogP contribution < -0.4 is 4.90 Å². The number of benzene rings is 2. The zero-order chi connectivity index (χ0) is 18.7. The van der Waals surface area contributed by atoms with Gasteiger partial charge in [-0.25, -0.2) is 0 Å². The first-order chi connectivity index (χ1) is 12.5. The van der Waals surface area contributed by atoms with E-state index in [4.69, 9.17) is 0 Å². The minimum atomic E-state index is -0.195. The van der Waals surface area contributed by atoms with Crippen molar-refractivity contribution in [3.63, 3.8) is 0 Å². The van der Waals surface area contributed by atoms with Crippen LogP contribution >= 0.6 is 0 Å². The Labute approximate surface area is 155 Å². The molecule has 1 unspecified atom stereocenters. The second-order valence-corrected chi connectivity index (χ2v) is 7.23. The Kier molecular flexibility index (Phi) is 5.40. The fourth-order valence-electron chi connectivity index (χ4n) is 4.12. The molecule has 0 aliphatic carbocycles. The molecule has 26 heavy (non-hydrogen) atoms. The van der Waals surface area contributed by atoms with Crippen LogP contribution in [-0.4, -0.2) is 18.0 Å².